The van der Waals surface area contributed by atoms with Crippen LogP contribution >= 0.6 is 11.8 Å². The molecule has 1 aromatic carbocycles. The van der Waals surface area contributed by atoms with E-state index in [0.717, 1.165) is 37.4 Å². The van der Waals surface area contributed by atoms with Gasteiger partial charge in [0.2, 0.25) is 0 Å². The molecule has 2 aliphatic rings. The highest BCUT2D eigenvalue weighted by Gasteiger charge is 2.41. The van der Waals surface area contributed by atoms with Crippen LogP contribution < -0.4 is 4.74 Å². The molecule has 0 radical (unpaired) electrons. The SMILES string of the molecule is Cc1c(OC2CCOC3(CCSC3)C2)cccc1C(=O)O. The highest BCUT2D eigenvalue weighted by Crippen LogP contribution is 2.39. The van der Waals surface area contributed by atoms with Crippen LogP contribution in [-0.2, 0) is 4.74 Å². The van der Waals surface area contributed by atoms with Crippen LogP contribution in [-0.4, -0.2) is 40.9 Å². The summed E-state index contributed by atoms with van der Waals surface area (Å²) in [7, 11) is 0. The van der Waals surface area contributed by atoms with Crippen molar-refractivity contribution in [3.05, 3.63) is 29.3 Å². The van der Waals surface area contributed by atoms with Gasteiger partial charge in [-0.05, 0) is 31.2 Å². The Bertz CT molecular complexity index is 537. The molecule has 2 saturated heterocycles. The molecule has 1 N–H and O–H groups in total. The van der Waals surface area contributed by atoms with Crippen molar-refractivity contribution >= 4 is 17.7 Å². The first-order valence-electron chi connectivity index (χ1n) is 7.31. The van der Waals surface area contributed by atoms with Crippen molar-refractivity contribution < 1.29 is 19.4 Å². The van der Waals surface area contributed by atoms with E-state index in [9.17, 15) is 9.90 Å². The van der Waals surface area contributed by atoms with Crippen LogP contribution in [0.5, 0.6) is 5.75 Å². The molecular weight excluding hydrogens is 288 g/mol. The van der Waals surface area contributed by atoms with E-state index in [1.807, 2.05) is 17.8 Å². The average Bonchev–Trinajstić information content (AvgIpc) is 2.89. The number of aromatic carboxylic acids is 1. The lowest BCUT2D eigenvalue weighted by Gasteiger charge is -2.37. The predicted octanol–water partition coefficient (Wildman–Crippen LogP) is 3.13. The van der Waals surface area contributed by atoms with Crippen molar-refractivity contribution in [3.8, 4) is 5.75 Å². The number of rotatable bonds is 3. The third-order valence-corrected chi connectivity index (χ3v) is 5.55. The van der Waals surface area contributed by atoms with E-state index in [2.05, 4.69) is 0 Å². The second kappa shape index (κ2) is 5.89. The van der Waals surface area contributed by atoms with Gasteiger partial charge in [0.05, 0.1) is 17.8 Å². The van der Waals surface area contributed by atoms with Crippen LogP contribution in [0.1, 0.15) is 35.2 Å². The van der Waals surface area contributed by atoms with Gasteiger partial charge in [-0.3, -0.25) is 0 Å². The Hall–Kier alpha value is -1.20. The molecule has 1 spiro atoms. The first-order chi connectivity index (χ1) is 10.1. The summed E-state index contributed by atoms with van der Waals surface area (Å²) in [6.07, 6.45) is 2.96. The molecular formula is C16H20O4S. The van der Waals surface area contributed by atoms with E-state index in [4.69, 9.17) is 9.47 Å². The van der Waals surface area contributed by atoms with Crippen LogP contribution in [0.25, 0.3) is 0 Å². The highest BCUT2D eigenvalue weighted by molar-refractivity contribution is 7.99. The van der Waals surface area contributed by atoms with Crippen molar-refractivity contribution in [2.24, 2.45) is 0 Å². The zero-order chi connectivity index (χ0) is 14.9. The molecule has 21 heavy (non-hydrogen) atoms. The van der Waals surface area contributed by atoms with Gasteiger partial charge in [-0.25, -0.2) is 4.79 Å². The van der Waals surface area contributed by atoms with Crippen LogP contribution in [0.2, 0.25) is 0 Å². The molecule has 5 heteroatoms. The number of hydrogen-bond acceptors (Lipinski definition) is 4. The maximum absolute atomic E-state index is 11.2. The maximum Gasteiger partial charge on any atom is 0.336 e. The van der Waals surface area contributed by atoms with Gasteiger partial charge in [-0.15, -0.1) is 0 Å². The molecule has 0 aromatic heterocycles. The molecule has 0 saturated carbocycles. The van der Waals surface area contributed by atoms with E-state index in [1.165, 1.54) is 0 Å². The van der Waals surface area contributed by atoms with Crippen LogP contribution in [0.3, 0.4) is 0 Å². The highest BCUT2D eigenvalue weighted by atomic mass is 32.2. The standard InChI is InChI=1S/C16H20O4S/c1-11-13(15(17)18)3-2-4-14(11)20-12-5-7-19-16(9-12)6-8-21-10-16/h2-4,12H,5-10H2,1H3,(H,17,18). The van der Waals surface area contributed by atoms with Gasteiger partial charge in [0.1, 0.15) is 11.9 Å². The summed E-state index contributed by atoms with van der Waals surface area (Å²) in [4.78, 5) is 11.2. The number of carboxylic acids is 1. The Labute approximate surface area is 128 Å². The first-order valence-corrected chi connectivity index (χ1v) is 8.46. The Morgan fingerprint density at radius 1 is 1.52 bits per heavy atom. The van der Waals surface area contributed by atoms with Gasteiger partial charge >= 0.3 is 5.97 Å². The van der Waals surface area contributed by atoms with E-state index < -0.39 is 5.97 Å². The van der Waals surface area contributed by atoms with E-state index in [-0.39, 0.29) is 11.7 Å². The fourth-order valence-electron chi connectivity index (χ4n) is 3.10. The summed E-state index contributed by atoms with van der Waals surface area (Å²) in [5.41, 5.74) is 0.989. The Kier molecular flexibility index (Phi) is 4.13. The zero-order valence-electron chi connectivity index (χ0n) is 12.1. The average molecular weight is 308 g/mol. The molecule has 0 amide bonds. The molecule has 2 unspecified atom stereocenters. The van der Waals surface area contributed by atoms with Gasteiger partial charge in [0.15, 0.2) is 0 Å². The third-order valence-electron chi connectivity index (χ3n) is 4.32. The molecule has 114 valence electrons. The Morgan fingerprint density at radius 3 is 3.10 bits per heavy atom. The van der Waals surface area contributed by atoms with Gasteiger partial charge in [-0.1, -0.05) is 6.07 Å². The predicted molar refractivity (Wildman–Crippen MR) is 82.4 cm³/mol. The largest absolute Gasteiger partial charge is 0.490 e. The molecule has 2 aliphatic heterocycles. The lowest BCUT2D eigenvalue weighted by molar-refractivity contribution is -0.0960. The number of carboxylic acid groups (broad SMARTS) is 1. The van der Waals surface area contributed by atoms with Gasteiger partial charge < -0.3 is 14.6 Å². The maximum atomic E-state index is 11.2. The summed E-state index contributed by atoms with van der Waals surface area (Å²) in [5, 5.41) is 9.19. The molecule has 0 bridgehead atoms. The van der Waals surface area contributed by atoms with Crippen molar-refractivity contribution in [1.29, 1.82) is 0 Å². The van der Waals surface area contributed by atoms with Gasteiger partial charge in [0.25, 0.3) is 0 Å². The first kappa shape index (κ1) is 14.7. The van der Waals surface area contributed by atoms with E-state index >= 15 is 0 Å². The molecule has 3 rings (SSSR count). The van der Waals surface area contributed by atoms with Crippen molar-refractivity contribution in [2.75, 3.05) is 18.1 Å². The summed E-state index contributed by atoms with van der Waals surface area (Å²) < 4.78 is 12.1. The van der Waals surface area contributed by atoms with Gasteiger partial charge in [0, 0.05) is 24.2 Å². The number of carbonyl (C=O) groups is 1. The molecule has 2 fully saturated rings. The summed E-state index contributed by atoms with van der Waals surface area (Å²) in [6, 6.07) is 5.21. The van der Waals surface area contributed by atoms with Crippen molar-refractivity contribution in [3.63, 3.8) is 0 Å². The fraction of sp³-hybridized carbons (Fsp3) is 0.562. The molecule has 2 heterocycles. The van der Waals surface area contributed by atoms with Gasteiger partial charge in [-0.2, -0.15) is 11.8 Å². The fourth-order valence-corrected chi connectivity index (χ4v) is 4.48. The lowest BCUT2D eigenvalue weighted by atomic mass is 9.91. The molecule has 1 aromatic rings. The summed E-state index contributed by atoms with van der Waals surface area (Å²) >= 11 is 1.94. The minimum absolute atomic E-state index is 0.0219. The van der Waals surface area contributed by atoms with Crippen molar-refractivity contribution in [2.45, 2.75) is 37.9 Å². The second-order valence-corrected chi connectivity index (χ2v) is 6.91. The number of benzene rings is 1. The van der Waals surface area contributed by atoms with E-state index in [0.29, 0.717) is 16.9 Å². The van der Waals surface area contributed by atoms with Crippen LogP contribution in [0.4, 0.5) is 0 Å². The number of ether oxygens (including phenoxy) is 2. The molecule has 4 nitrogen and oxygen atoms in total. The molecule has 2 atom stereocenters. The van der Waals surface area contributed by atoms with Crippen LogP contribution in [0, 0.1) is 6.92 Å². The summed E-state index contributed by atoms with van der Waals surface area (Å²) in [6.45, 7) is 2.53. The van der Waals surface area contributed by atoms with Crippen molar-refractivity contribution in [1.82, 2.24) is 0 Å². The number of thioether (sulfide) groups is 1. The third kappa shape index (κ3) is 3.04. The minimum atomic E-state index is -0.909. The second-order valence-electron chi connectivity index (χ2n) is 5.80. The Morgan fingerprint density at radius 2 is 2.38 bits per heavy atom. The summed E-state index contributed by atoms with van der Waals surface area (Å²) in [5.74, 6) is 1.97. The normalized spacial score (nSPS) is 28.7. The topological polar surface area (TPSA) is 55.8 Å². The minimum Gasteiger partial charge on any atom is -0.490 e. The molecule has 0 aliphatic carbocycles. The monoisotopic (exact) mass is 308 g/mol. The quantitative estimate of drug-likeness (QED) is 0.929. The van der Waals surface area contributed by atoms with E-state index in [1.54, 1.807) is 19.1 Å². The zero-order valence-corrected chi connectivity index (χ0v) is 12.9. The van der Waals surface area contributed by atoms with Crippen LogP contribution in [0.15, 0.2) is 18.2 Å². The lowest BCUT2D eigenvalue weighted by Crippen LogP contribution is -2.43. The smallest absolute Gasteiger partial charge is 0.336 e. The number of hydrogen-bond donors (Lipinski definition) is 1. The Balaban J connectivity index is 1.74.